The molecule has 1 saturated heterocycles. The minimum atomic E-state index is -0.0270. The van der Waals surface area contributed by atoms with Crippen LogP contribution in [0.2, 0.25) is 0 Å². The van der Waals surface area contributed by atoms with Crippen LogP contribution in [-0.4, -0.2) is 35.0 Å². The summed E-state index contributed by atoms with van der Waals surface area (Å²) >= 11 is 0. The summed E-state index contributed by atoms with van der Waals surface area (Å²) in [7, 11) is 0. The van der Waals surface area contributed by atoms with Crippen molar-refractivity contribution in [1.29, 1.82) is 0 Å². The third-order valence-electron chi connectivity index (χ3n) is 2.58. The van der Waals surface area contributed by atoms with Crippen LogP contribution in [0.15, 0.2) is 37.2 Å². The quantitative estimate of drug-likeness (QED) is 0.717. The molecule has 1 amide bonds. The number of hydrogen-bond acceptors (Lipinski definition) is 3. The fourth-order valence-electron chi connectivity index (χ4n) is 1.76. The lowest BCUT2D eigenvalue weighted by Gasteiger charge is -2.15. The molecule has 1 atom stereocenters. The molecule has 4 heteroatoms. The van der Waals surface area contributed by atoms with Gasteiger partial charge in [-0.2, -0.15) is 0 Å². The summed E-state index contributed by atoms with van der Waals surface area (Å²) in [5.41, 5.74) is 0. The van der Waals surface area contributed by atoms with Crippen LogP contribution in [0, 0.1) is 0 Å². The predicted molar refractivity (Wildman–Crippen MR) is 60.0 cm³/mol. The van der Waals surface area contributed by atoms with Gasteiger partial charge in [-0.1, -0.05) is 6.58 Å². The molecular formula is C12H14N2O2. The van der Waals surface area contributed by atoms with Gasteiger partial charge in [0.05, 0.1) is 6.54 Å². The molecule has 1 aromatic heterocycles. The zero-order valence-corrected chi connectivity index (χ0v) is 9.00. The highest BCUT2D eigenvalue weighted by Crippen LogP contribution is 2.17. The highest BCUT2D eigenvalue weighted by molar-refractivity contribution is 5.87. The third-order valence-corrected chi connectivity index (χ3v) is 2.58. The fraction of sp³-hybridized carbons (Fsp3) is 0.333. The molecule has 1 aliphatic heterocycles. The number of ether oxygens (including phenoxy) is 1. The van der Waals surface area contributed by atoms with Crippen LogP contribution in [-0.2, 0) is 4.79 Å². The van der Waals surface area contributed by atoms with Gasteiger partial charge in [0, 0.05) is 25.4 Å². The lowest BCUT2D eigenvalue weighted by atomic mass is 10.3. The first-order valence-corrected chi connectivity index (χ1v) is 5.27. The second-order valence-electron chi connectivity index (χ2n) is 3.70. The lowest BCUT2D eigenvalue weighted by Crippen LogP contribution is -2.29. The highest BCUT2D eigenvalue weighted by Gasteiger charge is 2.26. The molecule has 84 valence electrons. The zero-order chi connectivity index (χ0) is 11.4. The maximum absolute atomic E-state index is 11.4. The Labute approximate surface area is 94.5 Å². The summed E-state index contributed by atoms with van der Waals surface area (Å²) in [5, 5.41) is 0. The van der Waals surface area contributed by atoms with E-state index in [0.717, 1.165) is 18.7 Å². The molecule has 1 aromatic rings. The molecule has 0 radical (unpaired) electrons. The van der Waals surface area contributed by atoms with Crippen molar-refractivity contribution in [1.82, 2.24) is 9.88 Å². The monoisotopic (exact) mass is 218 g/mol. The number of likely N-dealkylation sites (tertiary alicyclic amines) is 1. The molecule has 0 bridgehead atoms. The highest BCUT2D eigenvalue weighted by atomic mass is 16.5. The van der Waals surface area contributed by atoms with Crippen LogP contribution in [0.4, 0.5) is 0 Å². The summed E-state index contributed by atoms with van der Waals surface area (Å²) < 4.78 is 5.73. The van der Waals surface area contributed by atoms with Crippen molar-refractivity contribution < 1.29 is 9.53 Å². The Kier molecular flexibility index (Phi) is 3.19. The van der Waals surface area contributed by atoms with E-state index in [1.54, 1.807) is 17.3 Å². The number of rotatable bonds is 3. The van der Waals surface area contributed by atoms with Gasteiger partial charge in [-0.25, -0.2) is 0 Å². The lowest BCUT2D eigenvalue weighted by molar-refractivity contribution is -0.125. The van der Waals surface area contributed by atoms with E-state index in [9.17, 15) is 4.79 Å². The number of aromatic nitrogens is 1. The molecule has 2 rings (SSSR count). The van der Waals surface area contributed by atoms with Crippen LogP contribution in [0.5, 0.6) is 5.75 Å². The van der Waals surface area contributed by atoms with Gasteiger partial charge in [0.25, 0.3) is 0 Å². The SMILES string of the molecule is C=CC(=O)N1CC[C@@H](Oc2ccncc2)C1. The van der Waals surface area contributed by atoms with E-state index in [4.69, 9.17) is 4.74 Å². The van der Waals surface area contributed by atoms with Crippen LogP contribution in [0.3, 0.4) is 0 Å². The second kappa shape index (κ2) is 4.79. The molecule has 4 nitrogen and oxygen atoms in total. The van der Waals surface area contributed by atoms with E-state index in [1.165, 1.54) is 6.08 Å². The maximum atomic E-state index is 11.4. The zero-order valence-electron chi connectivity index (χ0n) is 9.00. The van der Waals surface area contributed by atoms with Crippen molar-refractivity contribution in [2.45, 2.75) is 12.5 Å². The largest absolute Gasteiger partial charge is 0.488 e. The number of pyridine rings is 1. The minimum absolute atomic E-state index is 0.0270. The van der Waals surface area contributed by atoms with Crippen LogP contribution < -0.4 is 4.74 Å². The smallest absolute Gasteiger partial charge is 0.246 e. The van der Waals surface area contributed by atoms with Gasteiger partial charge >= 0.3 is 0 Å². The van der Waals surface area contributed by atoms with E-state index < -0.39 is 0 Å². The van der Waals surface area contributed by atoms with Gasteiger partial charge < -0.3 is 9.64 Å². The normalized spacial score (nSPS) is 19.5. The number of nitrogens with zero attached hydrogens (tertiary/aromatic N) is 2. The van der Waals surface area contributed by atoms with Crippen molar-refractivity contribution in [2.24, 2.45) is 0 Å². The molecule has 0 spiro atoms. The minimum Gasteiger partial charge on any atom is -0.488 e. The Morgan fingerprint density at radius 1 is 1.56 bits per heavy atom. The molecule has 0 N–H and O–H groups in total. The molecule has 0 aliphatic carbocycles. The van der Waals surface area contributed by atoms with Gasteiger partial charge in [0.15, 0.2) is 0 Å². The summed E-state index contributed by atoms with van der Waals surface area (Å²) in [6.07, 6.45) is 5.66. The molecule has 1 aliphatic rings. The Balaban J connectivity index is 1.90. The van der Waals surface area contributed by atoms with Gasteiger partial charge in [0.1, 0.15) is 11.9 Å². The average Bonchev–Trinajstić information content (AvgIpc) is 2.78. The van der Waals surface area contributed by atoms with Gasteiger partial charge in [0.2, 0.25) is 5.91 Å². The molecule has 16 heavy (non-hydrogen) atoms. The standard InChI is InChI=1S/C12H14N2O2/c1-2-12(15)14-8-5-11(9-14)16-10-3-6-13-7-4-10/h2-4,6-7,11H,1,5,8-9H2/t11-/m1/s1. The van der Waals surface area contributed by atoms with Gasteiger partial charge in [-0.15, -0.1) is 0 Å². The van der Waals surface area contributed by atoms with E-state index in [-0.39, 0.29) is 12.0 Å². The Bertz CT molecular complexity index is 378. The summed E-state index contributed by atoms with van der Waals surface area (Å²) in [5.74, 6) is 0.772. The molecule has 1 fully saturated rings. The van der Waals surface area contributed by atoms with Crippen LogP contribution in [0.1, 0.15) is 6.42 Å². The van der Waals surface area contributed by atoms with Crippen LogP contribution in [0.25, 0.3) is 0 Å². The summed E-state index contributed by atoms with van der Waals surface area (Å²) in [4.78, 5) is 17.0. The Morgan fingerprint density at radius 2 is 2.31 bits per heavy atom. The number of carbonyl (C=O) groups is 1. The Hall–Kier alpha value is -1.84. The molecular weight excluding hydrogens is 204 g/mol. The predicted octanol–water partition coefficient (Wildman–Crippen LogP) is 1.25. The topological polar surface area (TPSA) is 42.4 Å². The number of carbonyl (C=O) groups excluding carboxylic acids is 1. The number of hydrogen-bond donors (Lipinski definition) is 0. The summed E-state index contributed by atoms with van der Waals surface area (Å²) in [6, 6.07) is 3.63. The van der Waals surface area contributed by atoms with Gasteiger partial charge in [-0.3, -0.25) is 9.78 Å². The first kappa shape index (κ1) is 10.7. The second-order valence-corrected chi connectivity index (χ2v) is 3.70. The molecule has 0 saturated carbocycles. The molecule has 0 unspecified atom stereocenters. The van der Waals surface area contributed by atoms with Crippen molar-refractivity contribution in [2.75, 3.05) is 13.1 Å². The van der Waals surface area contributed by atoms with Crippen molar-refractivity contribution in [3.8, 4) is 5.75 Å². The van der Waals surface area contributed by atoms with E-state index in [1.807, 2.05) is 12.1 Å². The fourth-order valence-corrected chi connectivity index (χ4v) is 1.76. The van der Waals surface area contributed by atoms with Crippen molar-refractivity contribution in [3.05, 3.63) is 37.2 Å². The van der Waals surface area contributed by atoms with E-state index in [2.05, 4.69) is 11.6 Å². The first-order valence-electron chi connectivity index (χ1n) is 5.27. The van der Waals surface area contributed by atoms with Crippen molar-refractivity contribution in [3.63, 3.8) is 0 Å². The van der Waals surface area contributed by atoms with E-state index >= 15 is 0 Å². The summed E-state index contributed by atoms with van der Waals surface area (Å²) in [6.45, 7) is 4.84. The van der Waals surface area contributed by atoms with Gasteiger partial charge in [-0.05, 0) is 18.2 Å². The van der Waals surface area contributed by atoms with Crippen molar-refractivity contribution >= 4 is 5.91 Å². The average molecular weight is 218 g/mol. The van der Waals surface area contributed by atoms with Crippen LogP contribution >= 0.6 is 0 Å². The molecule has 2 heterocycles. The van der Waals surface area contributed by atoms with E-state index in [0.29, 0.717) is 6.54 Å². The maximum Gasteiger partial charge on any atom is 0.246 e. The third kappa shape index (κ3) is 2.39. The first-order chi connectivity index (χ1) is 7.79. The Morgan fingerprint density at radius 3 is 3.00 bits per heavy atom. The molecule has 0 aromatic carbocycles. The number of amides is 1.